The van der Waals surface area contributed by atoms with Gasteiger partial charge in [-0.2, -0.15) is 5.26 Å². The predicted molar refractivity (Wildman–Crippen MR) is 108 cm³/mol. The lowest BCUT2D eigenvalue weighted by Crippen LogP contribution is -2.40. The lowest BCUT2D eigenvalue weighted by molar-refractivity contribution is -0.146. The quantitative estimate of drug-likeness (QED) is 0.569. The van der Waals surface area contributed by atoms with Crippen LogP contribution in [0.2, 0.25) is 0 Å². The first-order valence-corrected chi connectivity index (χ1v) is 10.2. The van der Waals surface area contributed by atoms with Crippen molar-refractivity contribution >= 4 is 23.6 Å². The second kappa shape index (κ2) is 9.43. The summed E-state index contributed by atoms with van der Waals surface area (Å²) in [5, 5.41) is 8.90. The number of carbonyl (C=O) groups excluding carboxylic acids is 2. The van der Waals surface area contributed by atoms with Gasteiger partial charge in [0, 0.05) is 23.7 Å². The van der Waals surface area contributed by atoms with Crippen LogP contribution in [-0.4, -0.2) is 37.0 Å². The van der Waals surface area contributed by atoms with E-state index in [0.717, 1.165) is 16.2 Å². The number of hydrogen-bond donors (Lipinski definition) is 0. The zero-order chi connectivity index (χ0) is 19.9. The van der Waals surface area contributed by atoms with Crippen LogP contribution in [0.3, 0.4) is 0 Å². The minimum absolute atomic E-state index is 0.00578. The van der Waals surface area contributed by atoms with Gasteiger partial charge in [-0.05, 0) is 42.7 Å². The SMILES string of the molecule is COC(=O)C1CCN(C(=O)c2ccccc2SCc2ccc(C#N)cc2)CC1. The van der Waals surface area contributed by atoms with E-state index in [1.165, 1.54) is 7.11 Å². The molecule has 1 aliphatic heterocycles. The van der Waals surface area contributed by atoms with Crippen LogP contribution < -0.4 is 0 Å². The molecule has 0 bridgehead atoms. The maximum absolute atomic E-state index is 13.0. The molecule has 0 aliphatic carbocycles. The van der Waals surface area contributed by atoms with Crippen LogP contribution in [0.15, 0.2) is 53.4 Å². The van der Waals surface area contributed by atoms with Crippen molar-refractivity contribution in [3.05, 3.63) is 65.2 Å². The molecule has 0 radical (unpaired) electrons. The van der Waals surface area contributed by atoms with E-state index in [1.807, 2.05) is 41.3 Å². The molecule has 0 saturated carbocycles. The Bertz CT molecular complexity index is 881. The summed E-state index contributed by atoms with van der Waals surface area (Å²) in [6.45, 7) is 1.13. The molecule has 0 spiro atoms. The third kappa shape index (κ3) is 4.73. The predicted octanol–water partition coefficient (Wildman–Crippen LogP) is 3.88. The van der Waals surface area contributed by atoms with Crippen LogP contribution in [0.5, 0.6) is 0 Å². The van der Waals surface area contributed by atoms with Gasteiger partial charge in [-0.1, -0.05) is 24.3 Å². The summed E-state index contributed by atoms with van der Waals surface area (Å²) in [6.07, 6.45) is 1.28. The van der Waals surface area contributed by atoms with Crippen LogP contribution >= 0.6 is 11.8 Å². The summed E-state index contributed by atoms with van der Waals surface area (Å²) in [5.74, 6) is 0.423. The number of benzene rings is 2. The molecule has 3 rings (SSSR count). The minimum atomic E-state index is -0.189. The third-order valence-electron chi connectivity index (χ3n) is 4.91. The highest BCUT2D eigenvalue weighted by atomic mass is 32.2. The maximum atomic E-state index is 13.0. The van der Waals surface area contributed by atoms with Crippen LogP contribution in [0.25, 0.3) is 0 Å². The van der Waals surface area contributed by atoms with Crippen molar-refractivity contribution in [3.8, 4) is 6.07 Å². The molecule has 0 aromatic heterocycles. The Morgan fingerprint density at radius 2 is 1.82 bits per heavy atom. The van der Waals surface area contributed by atoms with Crippen LogP contribution in [0.1, 0.15) is 34.3 Å². The van der Waals surface area contributed by atoms with Crippen LogP contribution in [-0.2, 0) is 15.3 Å². The molecule has 1 saturated heterocycles. The monoisotopic (exact) mass is 394 g/mol. The smallest absolute Gasteiger partial charge is 0.308 e. The van der Waals surface area contributed by atoms with Gasteiger partial charge in [0.1, 0.15) is 0 Å². The average molecular weight is 394 g/mol. The van der Waals surface area contributed by atoms with Gasteiger partial charge in [0.05, 0.1) is 30.2 Å². The molecule has 2 aromatic rings. The van der Waals surface area contributed by atoms with Crippen molar-refractivity contribution < 1.29 is 14.3 Å². The number of rotatable bonds is 5. The molecule has 1 heterocycles. The van der Waals surface area contributed by atoms with E-state index in [0.29, 0.717) is 37.1 Å². The third-order valence-corrected chi connectivity index (χ3v) is 6.06. The van der Waals surface area contributed by atoms with Crippen molar-refractivity contribution in [2.45, 2.75) is 23.5 Å². The molecule has 28 heavy (non-hydrogen) atoms. The van der Waals surface area contributed by atoms with E-state index in [4.69, 9.17) is 10.00 Å². The molecule has 6 heteroatoms. The highest BCUT2D eigenvalue weighted by Crippen LogP contribution is 2.28. The number of amides is 1. The van der Waals surface area contributed by atoms with Gasteiger partial charge in [-0.3, -0.25) is 9.59 Å². The number of thioether (sulfide) groups is 1. The Balaban J connectivity index is 1.65. The van der Waals surface area contributed by atoms with E-state index >= 15 is 0 Å². The van der Waals surface area contributed by atoms with Crippen molar-refractivity contribution in [2.75, 3.05) is 20.2 Å². The molecular weight excluding hydrogens is 372 g/mol. The summed E-state index contributed by atoms with van der Waals surface area (Å²) in [6, 6.07) is 17.2. The van der Waals surface area contributed by atoms with E-state index in [9.17, 15) is 9.59 Å². The van der Waals surface area contributed by atoms with E-state index in [1.54, 1.807) is 23.9 Å². The second-order valence-corrected chi connectivity index (χ2v) is 7.70. The summed E-state index contributed by atoms with van der Waals surface area (Å²) >= 11 is 1.61. The molecule has 144 valence electrons. The number of methoxy groups -OCH3 is 1. The lowest BCUT2D eigenvalue weighted by Gasteiger charge is -2.31. The van der Waals surface area contributed by atoms with Gasteiger partial charge in [0.25, 0.3) is 5.91 Å². The number of carbonyl (C=O) groups is 2. The van der Waals surface area contributed by atoms with Crippen molar-refractivity contribution in [2.24, 2.45) is 5.92 Å². The number of hydrogen-bond acceptors (Lipinski definition) is 5. The summed E-state index contributed by atoms with van der Waals surface area (Å²) in [5.41, 5.74) is 2.43. The van der Waals surface area contributed by atoms with Crippen LogP contribution in [0.4, 0.5) is 0 Å². The van der Waals surface area contributed by atoms with Gasteiger partial charge in [-0.25, -0.2) is 0 Å². The molecule has 1 amide bonds. The van der Waals surface area contributed by atoms with Crippen molar-refractivity contribution in [1.29, 1.82) is 5.26 Å². The number of nitrogens with zero attached hydrogens (tertiary/aromatic N) is 2. The molecule has 0 atom stereocenters. The van der Waals surface area contributed by atoms with Gasteiger partial charge >= 0.3 is 5.97 Å². The molecule has 1 aliphatic rings. The molecule has 0 N–H and O–H groups in total. The fraction of sp³-hybridized carbons (Fsp3) is 0.318. The Labute approximate surface area is 169 Å². The number of likely N-dealkylation sites (tertiary alicyclic amines) is 1. The van der Waals surface area contributed by atoms with E-state index in [-0.39, 0.29) is 17.8 Å². The van der Waals surface area contributed by atoms with Gasteiger partial charge in [0.2, 0.25) is 0 Å². The fourth-order valence-corrected chi connectivity index (χ4v) is 4.26. The first-order chi connectivity index (χ1) is 13.6. The standard InChI is InChI=1S/C22H22N2O3S/c1-27-22(26)18-10-12-24(13-11-18)21(25)19-4-2-3-5-20(19)28-15-17-8-6-16(14-23)7-9-17/h2-9,18H,10-13,15H2,1H3. The minimum Gasteiger partial charge on any atom is -0.469 e. The van der Waals surface area contributed by atoms with Crippen LogP contribution in [0, 0.1) is 17.2 Å². The molecule has 0 unspecified atom stereocenters. The van der Waals surface area contributed by atoms with Gasteiger partial charge in [0.15, 0.2) is 0 Å². The first kappa shape index (κ1) is 20.0. The Morgan fingerprint density at radius 1 is 1.14 bits per heavy atom. The van der Waals surface area contributed by atoms with Crippen molar-refractivity contribution in [3.63, 3.8) is 0 Å². The summed E-state index contributed by atoms with van der Waals surface area (Å²) in [4.78, 5) is 27.5. The number of esters is 1. The second-order valence-electron chi connectivity index (χ2n) is 6.68. The number of nitriles is 1. The maximum Gasteiger partial charge on any atom is 0.308 e. The van der Waals surface area contributed by atoms with Gasteiger partial charge in [-0.15, -0.1) is 11.8 Å². The number of ether oxygens (including phenoxy) is 1. The van der Waals surface area contributed by atoms with E-state index < -0.39 is 0 Å². The van der Waals surface area contributed by atoms with Gasteiger partial charge < -0.3 is 9.64 Å². The Kier molecular flexibility index (Phi) is 6.72. The fourth-order valence-electron chi connectivity index (χ4n) is 3.26. The van der Waals surface area contributed by atoms with E-state index in [2.05, 4.69) is 6.07 Å². The number of piperidine rings is 1. The molecular formula is C22H22N2O3S. The zero-order valence-electron chi connectivity index (χ0n) is 15.8. The largest absolute Gasteiger partial charge is 0.469 e. The topological polar surface area (TPSA) is 70.4 Å². The first-order valence-electron chi connectivity index (χ1n) is 9.20. The summed E-state index contributed by atoms with van der Waals surface area (Å²) in [7, 11) is 1.40. The van der Waals surface area contributed by atoms with Crippen molar-refractivity contribution in [1.82, 2.24) is 4.90 Å². The molecule has 2 aromatic carbocycles. The molecule has 5 nitrogen and oxygen atoms in total. The Hall–Kier alpha value is -2.78. The average Bonchev–Trinajstić information content (AvgIpc) is 2.77. The highest BCUT2D eigenvalue weighted by molar-refractivity contribution is 7.98. The normalized spacial score (nSPS) is 14.4. The Morgan fingerprint density at radius 3 is 2.46 bits per heavy atom. The molecule has 1 fully saturated rings. The zero-order valence-corrected chi connectivity index (χ0v) is 16.6. The highest BCUT2D eigenvalue weighted by Gasteiger charge is 2.29. The lowest BCUT2D eigenvalue weighted by atomic mass is 9.96. The summed E-state index contributed by atoms with van der Waals surface area (Å²) < 4.78 is 4.81.